The van der Waals surface area contributed by atoms with Crippen LogP contribution in [0.15, 0.2) is 23.2 Å². The molecule has 0 saturated carbocycles. The van der Waals surface area contributed by atoms with Crippen LogP contribution in [0, 0.1) is 6.92 Å². The molecule has 0 radical (unpaired) electrons. The smallest absolute Gasteiger partial charge is 0.161 e. The molecule has 0 bridgehead atoms. The maximum atomic E-state index is 6.04. The zero-order valence-electron chi connectivity index (χ0n) is 8.75. The number of hydrogen-bond donors (Lipinski definition) is 1. The Morgan fingerprint density at radius 3 is 3.00 bits per heavy atom. The van der Waals surface area contributed by atoms with Crippen LogP contribution in [0.5, 0.6) is 0 Å². The Morgan fingerprint density at radius 2 is 2.33 bits per heavy atom. The van der Waals surface area contributed by atoms with Gasteiger partial charge in [0.05, 0.1) is 6.54 Å². The van der Waals surface area contributed by atoms with Gasteiger partial charge in [0.25, 0.3) is 0 Å². The van der Waals surface area contributed by atoms with Crippen molar-refractivity contribution in [3.63, 3.8) is 0 Å². The normalized spacial score (nSPS) is 20.2. The molecular formula is C11H13ClN2S. The Kier molecular flexibility index (Phi) is 3.22. The van der Waals surface area contributed by atoms with Gasteiger partial charge in [-0.3, -0.25) is 4.99 Å². The van der Waals surface area contributed by atoms with Crippen LogP contribution in [-0.2, 0) is 0 Å². The lowest BCUT2D eigenvalue weighted by molar-refractivity contribution is 0.976. The predicted octanol–water partition coefficient (Wildman–Crippen LogP) is 3.55. The molecule has 1 aromatic carbocycles. The monoisotopic (exact) mass is 240 g/mol. The van der Waals surface area contributed by atoms with E-state index in [1.165, 1.54) is 0 Å². The molecule has 0 saturated heterocycles. The van der Waals surface area contributed by atoms with Crippen molar-refractivity contribution in [1.82, 2.24) is 0 Å². The summed E-state index contributed by atoms with van der Waals surface area (Å²) >= 11 is 7.81. The number of nitrogens with zero attached hydrogens (tertiary/aromatic N) is 1. The lowest BCUT2D eigenvalue weighted by Gasteiger charge is -2.09. The van der Waals surface area contributed by atoms with Crippen LogP contribution in [0.1, 0.15) is 12.5 Å². The maximum Gasteiger partial charge on any atom is 0.161 e. The molecule has 1 heterocycles. The Morgan fingerprint density at radius 1 is 1.53 bits per heavy atom. The second-order valence-electron chi connectivity index (χ2n) is 3.61. The minimum atomic E-state index is 0.576. The fraction of sp³-hybridized carbons (Fsp3) is 0.364. The summed E-state index contributed by atoms with van der Waals surface area (Å²) in [5, 5.41) is 5.67. The van der Waals surface area contributed by atoms with E-state index in [1.807, 2.05) is 25.1 Å². The molecule has 0 spiro atoms. The summed E-state index contributed by atoms with van der Waals surface area (Å²) in [4.78, 5) is 4.41. The van der Waals surface area contributed by atoms with Crippen molar-refractivity contribution < 1.29 is 0 Å². The summed E-state index contributed by atoms with van der Waals surface area (Å²) < 4.78 is 0. The Balaban J connectivity index is 2.15. The van der Waals surface area contributed by atoms with Crippen molar-refractivity contribution in [2.24, 2.45) is 4.99 Å². The van der Waals surface area contributed by atoms with Gasteiger partial charge in [-0.2, -0.15) is 0 Å². The van der Waals surface area contributed by atoms with E-state index in [0.717, 1.165) is 28.0 Å². The Labute approximate surface area is 99.1 Å². The van der Waals surface area contributed by atoms with Crippen molar-refractivity contribution in [2.45, 2.75) is 19.1 Å². The highest BCUT2D eigenvalue weighted by Crippen LogP contribution is 2.26. The highest BCUT2D eigenvalue weighted by atomic mass is 35.5. The van der Waals surface area contributed by atoms with Crippen LogP contribution in [0.3, 0.4) is 0 Å². The number of aliphatic imine (C=N–C) groups is 1. The lowest BCUT2D eigenvalue weighted by atomic mass is 10.2. The molecule has 0 aliphatic carbocycles. The third-order valence-corrected chi connectivity index (χ3v) is 3.73. The van der Waals surface area contributed by atoms with Crippen LogP contribution in [0.25, 0.3) is 0 Å². The van der Waals surface area contributed by atoms with Crippen LogP contribution >= 0.6 is 23.4 Å². The molecule has 2 rings (SSSR count). The minimum absolute atomic E-state index is 0.576. The summed E-state index contributed by atoms with van der Waals surface area (Å²) in [5.74, 6) is 0. The van der Waals surface area contributed by atoms with Crippen molar-refractivity contribution in [3.05, 3.63) is 28.8 Å². The van der Waals surface area contributed by atoms with E-state index in [9.17, 15) is 0 Å². The van der Waals surface area contributed by atoms with Gasteiger partial charge in [-0.15, -0.1) is 0 Å². The molecule has 15 heavy (non-hydrogen) atoms. The van der Waals surface area contributed by atoms with Crippen LogP contribution in [-0.4, -0.2) is 17.0 Å². The summed E-state index contributed by atoms with van der Waals surface area (Å²) in [6.45, 7) is 5.08. The Hall–Kier alpha value is -0.670. The van der Waals surface area contributed by atoms with Gasteiger partial charge in [0.2, 0.25) is 0 Å². The molecule has 1 aliphatic rings. The van der Waals surface area contributed by atoms with Crippen LogP contribution < -0.4 is 5.32 Å². The minimum Gasteiger partial charge on any atom is -0.335 e. The second-order valence-corrected chi connectivity index (χ2v) is 5.45. The first kappa shape index (κ1) is 10.8. The van der Waals surface area contributed by atoms with Crippen LogP contribution in [0.4, 0.5) is 5.69 Å². The molecular weight excluding hydrogens is 228 g/mol. The largest absolute Gasteiger partial charge is 0.335 e. The molecule has 1 N–H and O–H groups in total. The number of nitrogens with one attached hydrogen (secondary N) is 1. The molecule has 0 unspecified atom stereocenters. The number of hydrogen-bond acceptors (Lipinski definition) is 3. The number of amidine groups is 1. The van der Waals surface area contributed by atoms with Gasteiger partial charge >= 0.3 is 0 Å². The Bertz CT molecular complexity index is 404. The van der Waals surface area contributed by atoms with Gasteiger partial charge in [0.1, 0.15) is 0 Å². The highest BCUT2D eigenvalue weighted by Gasteiger charge is 2.15. The molecule has 2 nitrogen and oxygen atoms in total. The van der Waals surface area contributed by atoms with Crippen molar-refractivity contribution in [1.29, 1.82) is 0 Å². The highest BCUT2D eigenvalue weighted by molar-refractivity contribution is 8.15. The number of benzene rings is 1. The maximum absolute atomic E-state index is 6.04. The molecule has 0 aromatic heterocycles. The number of thioether (sulfide) groups is 1. The fourth-order valence-corrected chi connectivity index (χ4v) is 2.43. The predicted molar refractivity (Wildman–Crippen MR) is 69.2 cm³/mol. The lowest BCUT2D eigenvalue weighted by Crippen LogP contribution is -2.07. The second kappa shape index (κ2) is 4.45. The SMILES string of the molecule is Cc1c(Cl)cccc1NC1=NC[C@@H](C)S1. The summed E-state index contributed by atoms with van der Waals surface area (Å²) in [5.41, 5.74) is 2.12. The molecule has 1 aromatic rings. The first-order chi connectivity index (χ1) is 7.16. The molecule has 1 atom stereocenters. The zero-order chi connectivity index (χ0) is 10.8. The van der Waals surface area contributed by atoms with Crippen LogP contribution in [0.2, 0.25) is 5.02 Å². The van der Waals surface area contributed by atoms with E-state index < -0.39 is 0 Å². The number of halogens is 1. The van der Waals surface area contributed by atoms with E-state index >= 15 is 0 Å². The molecule has 80 valence electrons. The van der Waals surface area contributed by atoms with E-state index in [0.29, 0.717) is 5.25 Å². The van der Waals surface area contributed by atoms with Gasteiger partial charge in [-0.1, -0.05) is 36.4 Å². The van der Waals surface area contributed by atoms with Gasteiger partial charge < -0.3 is 5.32 Å². The molecule has 1 aliphatic heterocycles. The van der Waals surface area contributed by atoms with Gasteiger partial charge in [-0.05, 0) is 24.6 Å². The van der Waals surface area contributed by atoms with Crippen molar-refractivity contribution >= 4 is 34.2 Å². The van der Waals surface area contributed by atoms with E-state index in [-0.39, 0.29) is 0 Å². The third-order valence-electron chi connectivity index (χ3n) is 2.31. The van der Waals surface area contributed by atoms with E-state index in [4.69, 9.17) is 11.6 Å². The summed E-state index contributed by atoms with van der Waals surface area (Å²) in [6, 6.07) is 5.86. The standard InChI is InChI=1S/C11H13ClN2S/c1-7-6-13-11(15-7)14-10-5-3-4-9(12)8(10)2/h3-5,7H,6H2,1-2H3,(H,13,14)/t7-/m1/s1. The average molecular weight is 241 g/mol. The average Bonchev–Trinajstić information content (AvgIpc) is 2.59. The first-order valence-corrected chi connectivity index (χ1v) is 6.16. The summed E-state index contributed by atoms with van der Waals surface area (Å²) in [7, 11) is 0. The number of rotatable bonds is 1. The van der Waals surface area contributed by atoms with Crippen molar-refractivity contribution in [3.8, 4) is 0 Å². The molecule has 0 amide bonds. The van der Waals surface area contributed by atoms with Gasteiger partial charge in [-0.25, -0.2) is 0 Å². The fourth-order valence-electron chi connectivity index (χ4n) is 1.40. The molecule has 4 heteroatoms. The zero-order valence-corrected chi connectivity index (χ0v) is 10.3. The topological polar surface area (TPSA) is 24.4 Å². The van der Waals surface area contributed by atoms with Gasteiger partial charge in [0, 0.05) is 16.0 Å². The third kappa shape index (κ3) is 2.47. The summed E-state index contributed by atoms with van der Waals surface area (Å²) in [6.07, 6.45) is 0. The van der Waals surface area contributed by atoms with E-state index in [2.05, 4.69) is 17.2 Å². The quantitative estimate of drug-likeness (QED) is 0.812. The molecule has 0 fully saturated rings. The first-order valence-electron chi connectivity index (χ1n) is 4.90. The van der Waals surface area contributed by atoms with Gasteiger partial charge in [0.15, 0.2) is 5.17 Å². The van der Waals surface area contributed by atoms with E-state index in [1.54, 1.807) is 11.8 Å². The van der Waals surface area contributed by atoms with Crippen molar-refractivity contribution in [2.75, 3.05) is 11.9 Å². The number of anilines is 1.